The Morgan fingerprint density at radius 3 is 2.39 bits per heavy atom. The Morgan fingerprint density at radius 2 is 1.78 bits per heavy atom. The van der Waals surface area contributed by atoms with E-state index in [4.69, 9.17) is 0 Å². The van der Waals surface area contributed by atoms with Crippen molar-refractivity contribution in [2.24, 2.45) is 7.05 Å². The van der Waals surface area contributed by atoms with Crippen LogP contribution in [0.15, 0.2) is 12.1 Å². The third-order valence-electron chi connectivity index (χ3n) is 5.47. The minimum absolute atomic E-state index is 0.233. The second kappa shape index (κ2) is 5.95. The molecule has 1 aromatic carbocycles. The fourth-order valence-electron chi connectivity index (χ4n) is 3.77. The summed E-state index contributed by atoms with van der Waals surface area (Å²) in [6, 6.07) is 4.91. The molecule has 0 bridgehead atoms. The Kier molecular flexibility index (Phi) is 4.28. The van der Waals surface area contributed by atoms with Crippen molar-refractivity contribution in [1.82, 2.24) is 14.8 Å². The van der Waals surface area contributed by atoms with Crippen LogP contribution in [-0.4, -0.2) is 28.6 Å². The lowest BCUT2D eigenvalue weighted by molar-refractivity contribution is 0.136. The highest BCUT2D eigenvalue weighted by atomic mass is 15.2. The van der Waals surface area contributed by atoms with Crippen molar-refractivity contribution in [3.05, 3.63) is 34.5 Å². The molecular formula is C20H31N3. The van der Waals surface area contributed by atoms with Crippen molar-refractivity contribution >= 4 is 10.9 Å². The molecule has 0 unspecified atom stereocenters. The van der Waals surface area contributed by atoms with Gasteiger partial charge in [0.15, 0.2) is 0 Å². The van der Waals surface area contributed by atoms with Crippen LogP contribution in [0.4, 0.5) is 0 Å². The van der Waals surface area contributed by atoms with Gasteiger partial charge in [0, 0.05) is 42.3 Å². The number of rotatable bonds is 4. The molecule has 0 atom stereocenters. The second-order valence-corrected chi connectivity index (χ2v) is 8.00. The minimum Gasteiger partial charge on any atom is -0.348 e. The zero-order valence-corrected chi connectivity index (χ0v) is 15.6. The Balaban J connectivity index is 2.00. The first-order valence-electron chi connectivity index (χ1n) is 8.82. The molecule has 2 heterocycles. The number of nitrogens with zero attached hydrogens (tertiary/aromatic N) is 2. The van der Waals surface area contributed by atoms with Crippen LogP contribution in [0, 0.1) is 6.92 Å². The summed E-state index contributed by atoms with van der Waals surface area (Å²) in [5.41, 5.74) is 7.62. The van der Waals surface area contributed by atoms with Crippen molar-refractivity contribution in [2.45, 2.75) is 59.2 Å². The standard InChI is InChI=1S/C20H31N3/c1-14-17(8-7-9-21-5)18-10-15-12-23(20(2,3)4)13-16(15)11-19(18)22(14)6/h10-11,21H,7-9,12-13H2,1-6H3. The van der Waals surface area contributed by atoms with Crippen LogP contribution in [0.1, 0.15) is 49.6 Å². The van der Waals surface area contributed by atoms with Crippen LogP contribution in [0.3, 0.4) is 0 Å². The quantitative estimate of drug-likeness (QED) is 0.868. The lowest BCUT2D eigenvalue weighted by Crippen LogP contribution is -2.36. The van der Waals surface area contributed by atoms with Crippen LogP contribution < -0.4 is 5.32 Å². The number of benzene rings is 1. The van der Waals surface area contributed by atoms with Crippen molar-refractivity contribution in [3.8, 4) is 0 Å². The summed E-state index contributed by atoms with van der Waals surface area (Å²) in [4.78, 5) is 2.57. The molecule has 0 saturated carbocycles. The molecular weight excluding hydrogens is 282 g/mol. The monoisotopic (exact) mass is 313 g/mol. The highest BCUT2D eigenvalue weighted by Gasteiger charge is 2.29. The molecule has 0 radical (unpaired) electrons. The SMILES string of the molecule is CNCCCc1c(C)n(C)c2cc3c(cc12)CN(C(C)(C)C)C3. The molecule has 2 aromatic rings. The third kappa shape index (κ3) is 2.92. The molecule has 0 saturated heterocycles. The molecule has 0 spiro atoms. The molecule has 23 heavy (non-hydrogen) atoms. The first kappa shape index (κ1) is 16.5. The van der Waals surface area contributed by atoms with Gasteiger partial charge in [-0.05, 0) is 83.0 Å². The Morgan fingerprint density at radius 1 is 1.13 bits per heavy atom. The highest BCUT2D eigenvalue weighted by Crippen LogP contribution is 2.35. The minimum atomic E-state index is 0.233. The van der Waals surface area contributed by atoms with E-state index in [-0.39, 0.29) is 5.54 Å². The predicted octanol–water partition coefficient (Wildman–Crippen LogP) is 3.75. The van der Waals surface area contributed by atoms with Crippen LogP contribution >= 0.6 is 0 Å². The molecule has 1 aliphatic rings. The lowest BCUT2D eigenvalue weighted by atomic mass is 10.0. The number of nitrogens with one attached hydrogen (secondary N) is 1. The summed E-state index contributed by atoms with van der Waals surface area (Å²) >= 11 is 0. The molecule has 3 heteroatoms. The van der Waals surface area contributed by atoms with E-state index in [9.17, 15) is 0 Å². The summed E-state index contributed by atoms with van der Waals surface area (Å²) < 4.78 is 2.38. The Bertz CT molecular complexity index is 719. The van der Waals surface area contributed by atoms with E-state index in [1.165, 1.54) is 39.7 Å². The normalized spacial score (nSPS) is 15.6. The van der Waals surface area contributed by atoms with E-state index in [2.05, 4.69) is 61.7 Å². The zero-order chi connectivity index (χ0) is 16.8. The van der Waals surface area contributed by atoms with Gasteiger partial charge in [-0.2, -0.15) is 0 Å². The Hall–Kier alpha value is -1.32. The zero-order valence-electron chi connectivity index (χ0n) is 15.6. The topological polar surface area (TPSA) is 20.2 Å². The van der Waals surface area contributed by atoms with Crippen molar-refractivity contribution in [3.63, 3.8) is 0 Å². The molecule has 0 fully saturated rings. The maximum atomic E-state index is 3.26. The van der Waals surface area contributed by atoms with Gasteiger partial charge in [0.05, 0.1) is 0 Å². The molecule has 0 amide bonds. The summed E-state index contributed by atoms with van der Waals surface area (Å²) in [7, 11) is 4.24. The van der Waals surface area contributed by atoms with Gasteiger partial charge < -0.3 is 9.88 Å². The number of aryl methyl sites for hydroxylation is 2. The maximum absolute atomic E-state index is 3.26. The van der Waals surface area contributed by atoms with E-state index >= 15 is 0 Å². The Labute approximate surface area is 140 Å². The number of fused-ring (bicyclic) bond motifs is 2. The largest absolute Gasteiger partial charge is 0.348 e. The van der Waals surface area contributed by atoms with Crippen molar-refractivity contribution in [2.75, 3.05) is 13.6 Å². The maximum Gasteiger partial charge on any atom is 0.0486 e. The average Bonchev–Trinajstić information content (AvgIpc) is 3.00. The molecule has 3 rings (SSSR count). The van der Waals surface area contributed by atoms with Gasteiger partial charge in [-0.1, -0.05) is 0 Å². The first-order chi connectivity index (χ1) is 10.8. The summed E-state index contributed by atoms with van der Waals surface area (Å²) in [6.45, 7) is 12.4. The summed E-state index contributed by atoms with van der Waals surface area (Å²) in [5.74, 6) is 0. The predicted molar refractivity (Wildman–Crippen MR) is 98.9 cm³/mol. The average molecular weight is 313 g/mol. The molecule has 1 aliphatic heterocycles. The fourth-order valence-corrected chi connectivity index (χ4v) is 3.77. The van der Waals surface area contributed by atoms with Crippen LogP contribution in [0.2, 0.25) is 0 Å². The highest BCUT2D eigenvalue weighted by molar-refractivity contribution is 5.87. The number of hydrogen-bond acceptors (Lipinski definition) is 2. The van der Waals surface area contributed by atoms with Gasteiger partial charge in [-0.3, -0.25) is 4.90 Å². The van der Waals surface area contributed by atoms with Crippen molar-refractivity contribution < 1.29 is 0 Å². The van der Waals surface area contributed by atoms with Crippen LogP contribution in [-0.2, 0) is 26.6 Å². The number of aromatic nitrogens is 1. The van der Waals surface area contributed by atoms with Crippen molar-refractivity contribution in [1.29, 1.82) is 0 Å². The van der Waals surface area contributed by atoms with E-state index in [1.807, 2.05) is 7.05 Å². The van der Waals surface area contributed by atoms with Gasteiger partial charge in [0.1, 0.15) is 0 Å². The number of hydrogen-bond donors (Lipinski definition) is 1. The van der Waals surface area contributed by atoms with Gasteiger partial charge in [-0.15, -0.1) is 0 Å². The van der Waals surface area contributed by atoms with Gasteiger partial charge >= 0.3 is 0 Å². The van der Waals surface area contributed by atoms with E-state index in [1.54, 1.807) is 0 Å². The van der Waals surface area contributed by atoms with Gasteiger partial charge in [-0.25, -0.2) is 0 Å². The summed E-state index contributed by atoms with van der Waals surface area (Å²) in [6.07, 6.45) is 2.35. The molecule has 1 N–H and O–H groups in total. The second-order valence-electron chi connectivity index (χ2n) is 8.00. The fraction of sp³-hybridized carbons (Fsp3) is 0.600. The molecule has 0 aliphatic carbocycles. The smallest absolute Gasteiger partial charge is 0.0486 e. The van der Waals surface area contributed by atoms with Gasteiger partial charge in [0.25, 0.3) is 0 Å². The van der Waals surface area contributed by atoms with E-state index in [0.29, 0.717) is 0 Å². The first-order valence-corrected chi connectivity index (χ1v) is 8.82. The molecule has 1 aromatic heterocycles. The van der Waals surface area contributed by atoms with Gasteiger partial charge in [0.2, 0.25) is 0 Å². The lowest BCUT2D eigenvalue weighted by Gasteiger charge is -2.31. The molecule has 3 nitrogen and oxygen atoms in total. The third-order valence-corrected chi connectivity index (χ3v) is 5.47. The molecule has 126 valence electrons. The van der Waals surface area contributed by atoms with E-state index < -0.39 is 0 Å². The van der Waals surface area contributed by atoms with Crippen LogP contribution in [0.5, 0.6) is 0 Å². The summed E-state index contributed by atoms with van der Waals surface area (Å²) in [5, 5.41) is 4.73. The van der Waals surface area contributed by atoms with Crippen LogP contribution in [0.25, 0.3) is 10.9 Å². The van der Waals surface area contributed by atoms with E-state index in [0.717, 1.165) is 26.1 Å².